The van der Waals surface area contributed by atoms with Crippen molar-refractivity contribution in [2.75, 3.05) is 10.6 Å². The SMILES string of the molecule is CC(=O)Nc1ccc(NC(=O)C(C)N2C(=O)NC(C)(c3ccc(C)cc3)C2=O)cc1. The third-order valence-corrected chi connectivity index (χ3v) is 5.09. The Bertz CT molecular complexity index is 1000. The number of imide groups is 1. The second-order valence-corrected chi connectivity index (χ2v) is 7.52. The van der Waals surface area contributed by atoms with Crippen LogP contribution >= 0.6 is 0 Å². The Kier molecular flexibility index (Phi) is 5.60. The van der Waals surface area contributed by atoms with Gasteiger partial charge in [-0.3, -0.25) is 14.4 Å². The van der Waals surface area contributed by atoms with Crippen molar-refractivity contribution in [2.45, 2.75) is 39.3 Å². The number of urea groups is 1. The average Bonchev–Trinajstić information content (AvgIpc) is 2.92. The zero-order valence-electron chi connectivity index (χ0n) is 17.3. The summed E-state index contributed by atoms with van der Waals surface area (Å²) >= 11 is 0. The molecule has 8 heteroatoms. The molecule has 5 amide bonds. The van der Waals surface area contributed by atoms with Crippen molar-refractivity contribution in [1.82, 2.24) is 10.2 Å². The number of aryl methyl sites for hydroxylation is 1. The zero-order valence-corrected chi connectivity index (χ0v) is 17.3. The van der Waals surface area contributed by atoms with Crippen molar-refractivity contribution in [3.8, 4) is 0 Å². The molecule has 0 spiro atoms. The van der Waals surface area contributed by atoms with E-state index in [1.807, 2.05) is 19.1 Å². The summed E-state index contributed by atoms with van der Waals surface area (Å²) in [5, 5.41) is 8.03. The minimum Gasteiger partial charge on any atom is -0.326 e. The molecule has 0 saturated carbocycles. The molecule has 0 radical (unpaired) electrons. The van der Waals surface area contributed by atoms with E-state index in [4.69, 9.17) is 0 Å². The molecule has 156 valence electrons. The van der Waals surface area contributed by atoms with E-state index in [1.54, 1.807) is 43.3 Å². The van der Waals surface area contributed by atoms with Gasteiger partial charge in [0, 0.05) is 18.3 Å². The molecule has 3 N–H and O–H groups in total. The van der Waals surface area contributed by atoms with Gasteiger partial charge >= 0.3 is 6.03 Å². The monoisotopic (exact) mass is 408 g/mol. The maximum Gasteiger partial charge on any atom is 0.326 e. The van der Waals surface area contributed by atoms with Crippen molar-refractivity contribution in [3.63, 3.8) is 0 Å². The summed E-state index contributed by atoms with van der Waals surface area (Å²) in [5.74, 6) is -1.19. The minimum atomic E-state index is -1.24. The Morgan fingerprint density at radius 2 is 1.50 bits per heavy atom. The molecule has 1 heterocycles. The third kappa shape index (κ3) is 4.03. The summed E-state index contributed by atoms with van der Waals surface area (Å²) in [5.41, 5.74) is 1.52. The van der Waals surface area contributed by atoms with Crippen LogP contribution in [0.5, 0.6) is 0 Å². The highest BCUT2D eigenvalue weighted by Crippen LogP contribution is 2.30. The second-order valence-electron chi connectivity index (χ2n) is 7.52. The fourth-order valence-corrected chi connectivity index (χ4v) is 3.30. The Balaban J connectivity index is 1.74. The molecular formula is C22H24N4O4. The number of nitrogens with zero attached hydrogens (tertiary/aromatic N) is 1. The first-order chi connectivity index (χ1) is 14.1. The Morgan fingerprint density at radius 3 is 2.03 bits per heavy atom. The fourth-order valence-electron chi connectivity index (χ4n) is 3.30. The average molecular weight is 408 g/mol. The number of hydrogen-bond acceptors (Lipinski definition) is 4. The molecule has 3 rings (SSSR count). The fraction of sp³-hybridized carbons (Fsp3) is 0.273. The minimum absolute atomic E-state index is 0.199. The molecule has 2 aromatic carbocycles. The van der Waals surface area contributed by atoms with Gasteiger partial charge in [0.2, 0.25) is 11.8 Å². The van der Waals surface area contributed by atoms with Gasteiger partial charge in [-0.15, -0.1) is 0 Å². The molecular weight excluding hydrogens is 384 g/mol. The van der Waals surface area contributed by atoms with Crippen LogP contribution in [-0.4, -0.2) is 34.7 Å². The third-order valence-electron chi connectivity index (χ3n) is 5.09. The van der Waals surface area contributed by atoms with Gasteiger partial charge in [-0.05, 0) is 50.6 Å². The van der Waals surface area contributed by atoms with Gasteiger partial charge in [0.25, 0.3) is 5.91 Å². The Hall–Kier alpha value is -3.68. The topological polar surface area (TPSA) is 108 Å². The van der Waals surface area contributed by atoms with Gasteiger partial charge in [-0.25, -0.2) is 9.69 Å². The summed E-state index contributed by atoms with van der Waals surface area (Å²) in [6.45, 7) is 6.46. The first-order valence-electron chi connectivity index (χ1n) is 9.53. The molecule has 2 atom stereocenters. The first kappa shape index (κ1) is 21.0. The summed E-state index contributed by atoms with van der Waals surface area (Å²) < 4.78 is 0. The van der Waals surface area contributed by atoms with Gasteiger partial charge in [0.05, 0.1) is 0 Å². The highest BCUT2D eigenvalue weighted by atomic mass is 16.2. The van der Waals surface area contributed by atoms with E-state index in [9.17, 15) is 19.2 Å². The molecule has 1 aliphatic heterocycles. The zero-order chi connectivity index (χ0) is 22.1. The number of carbonyl (C=O) groups excluding carboxylic acids is 4. The van der Waals surface area contributed by atoms with Crippen LogP contribution in [-0.2, 0) is 19.9 Å². The summed E-state index contributed by atoms with van der Waals surface area (Å²) in [6.07, 6.45) is 0. The standard InChI is InChI=1S/C22H24N4O4/c1-13-5-7-16(8-6-13)22(4)20(29)26(21(30)25-22)14(2)19(28)24-18-11-9-17(10-12-18)23-15(3)27/h5-12,14H,1-4H3,(H,23,27)(H,24,28)(H,25,30). The number of carbonyl (C=O) groups is 4. The van der Waals surface area contributed by atoms with Crippen molar-refractivity contribution < 1.29 is 19.2 Å². The lowest BCUT2D eigenvalue weighted by molar-refractivity contribution is -0.136. The van der Waals surface area contributed by atoms with Gasteiger partial charge in [-0.2, -0.15) is 0 Å². The summed E-state index contributed by atoms with van der Waals surface area (Å²) in [4.78, 5) is 50.4. The first-order valence-corrected chi connectivity index (χ1v) is 9.53. The van der Waals surface area contributed by atoms with Crippen molar-refractivity contribution in [3.05, 3.63) is 59.7 Å². The second kappa shape index (κ2) is 7.98. The van der Waals surface area contributed by atoms with Gasteiger partial charge < -0.3 is 16.0 Å². The van der Waals surface area contributed by atoms with Crippen LogP contribution in [0.1, 0.15) is 31.9 Å². The van der Waals surface area contributed by atoms with E-state index in [1.165, 1.54) is 13.8 Å². The molecule has 1 aliphatic rings. The van der Waals surface area contributed by atoms with Crippen LogP contribution in [0.15, 0.2) is 48.5 Å². The van der Waals surface area contributed by atoms with Crippen LogP contribution in [0.3, 0.4) is 0 Å². The largest absolute Gasteiger partial charge is 0.326 e. The number of nitrogens with one attached hydrogen (secondary N) is 3. The van der Waals surface area contributed by atoms with Crippen LogP contribution in [0.2, 0.25) is 0 Å². The molecule has 1 fully saturated rings. The van der Waals surface area contributed by atoms with Crippen LogP contribution in [0.25, 0.3) is 0 Å². The quantitative estimate of drug-likeness (QED) is 0.661. The molecule has 2 unspecified atom stereocenters. The smallest absolute Gasteiger partial charge is 0.326 e. The highest BCUT2D eigenvalue weighted by Gasteiger charge is 2.51. The molecule has 0 aromatic heterocycles. The Labute approximate surface area is 174 Å². The highest BCUT2D eigenvalue weighted by molar-refractivity contribution is 6.11. The maximum atomic E-state index is 13.1. The number of rotatable bonds is 5. The van der Waals surface area contributed by atoms with E-state index in [0.717, 1.165) is 10.5 Å². The number of amides is 5. The molecule has 8 nitrogen and oxygen atoms in total. The lowest BCUT2D eigenvalue weighted by Crippen LogP contribution is -2.47. The number of hydrogen-bond donors (Lipinski definition) is 3. The molecule has 0 bridgehead atoms. The van der Waals surface area contributed by atoms with Crippen LogP contribution in [0, 0.1) is 6.92 Å². The van der Waals surface area contributed by atoms with Gasteiger partial charge in [0.15, 0.2) is 0 Å². The molecule has 1 saturated heterocycles. The lowest BCUT2D eigenvalue weighted by Gasteiger charge is -2.24. The predicted octanol–water partition coefficient (Wildman–Crippen LogP) is 2.75. The van der Waals surface area contributed by atoms with Crippen molar-refractivity contribution >= 4 is 35.1 Å². The number of benzene rings is 2. The van der Waals surface area contributed by atoms with Crippen molar-refractivity contribution in [2.24, 2.45) is 0 Å². The van der Waals surface area contributed by atoms with E-state index in [2.05, 4.69) is 16.0 Å². The van der Waals surface area contributed by atoms with Crippen molar-refractivity contribution in [1.29, 1.82) is 0 Å². The Morgan fingerprint density at radius 1 is 0.967 bits per heavy atom. The number of anilines is 2. The summed E-state index contributed by atoms with van der Waals surface area (Å²) in [7, 11) is 0. The van der Waals surface area contributed by atoms with Crippen LogP contribution < -0.4 is 16.0 Å². The van der Waals surface area contributed by atoms with E-state index >= 15 is 0 Å². The van der Waals surface area contributed by atoms with Gasteiger partial charge in [0.1, 0.15) is 11.6 Å². The summed E-state index contributed by atoms with van der Waals surface area (Å²) in [6, 6.07) is 12.2. The predicted molar refractivity (Wildman–Crippen MR) is 113 cm³/mol. The van der Waals surface area contributed by atoms with Crippen LogP contribution in [0.4, 0.5) is 16.2 Å². The molecule has 30 heavy (non-hydrogen) atoms. The molecule has 2 aromatic rings. The van der Waals surface area contributed by atoms with E-state index < -0.39 is 29.4 Å². The normalized spacial score (nSPS) is 19.3. The molecule has 0 aliphatic carbocycles. The van der Waals surface area contributed by atoms with E-state index in [-0.39, 0.29) is 5.91 Å². The lowest BCUT2D eigenvalue weighted by atomic mass is 9.91. The van der Waals surface area contributed by atoms with E-state index in [0.29, 0.717) is 16.9 Å². The van der Waals surface area contributed by atoms with Gasteiger partial charge in [-0.1, -0.05) is 29.8 Å². The maximum absolute atomic E-state index is 13.1.